The molecule has 0 aliphatic carbocycles. The number of rotatable bonds is 4. The molecule has 0 amide bonds. The van der Waals surface area contributed by atoms with Crippen LogP contribution in [-0.4, -0.2) is 19.5 Å². The van der Waals surface area contributed by atoms with Gasteiger partial charge in [-0.2, -0.15) is 0 Å². The van der Waals surface area contributed by atoms with Crippen molar-refractivity contribution in [3.05, 3.63) is 35.2 Å². The summed E-state index contributed by atoms with van der Waals surface area (Å²) in [5.41, 5.74) is -2.65. The zero-order valence-electron chi connectivity index (χ0n) is 10.1. The highest BCUT2D eigenvalue weighted by molar-refractivity contribution is 7.17. The first-order valence-corrected chi connectivity index (χ1v) is 6.50. The van der Waals surface area contributed by atoms with Crippen molar-refractivity contribution in [1.29, 1.82) is 0 Å². The van der Waals surface area contributed by atoms with Crippen LogP contribution in [0.1, 0.15) is 12.5 Å². The zero-order chi connectivity index (χ0) is 13.3. The van der Waals surface area contributed by atoms with E-state index in [4.69, 9.17) is 0 Å². The van der Waals surface area contributed by atoms with E-state index < -0.39 is 18.1 Å². The second-order valence-corrected chi connectivity index (χ2v) is 5.20. The summed E-state index contributed by atoms with van der Waals surface area (Å²) in [5.74, 6) is 0. The van der Waals surface area contributed by atoms with Crippen LogP contribution < -0.4 is 5.32 Å². The smallest absolute Gasteiger partial charge is 0.277 e. The van der Waals surface area contributed by atoms with Gasteiger partial charge in [-0.15, -0.1) is 11.3 Å². The van der Waals surface area contributed by atoms with Gasteiger partial charge in [0.2, 0.25) is 5.67 Å². The molecule has 1 nitrogen and oxygen atoms in total. The Morgan fingerprint density at radius 3 is 2.61 bits per heavy atom. The van der Waals surface area contributed by atoms with Crippen molar-refractivity contribution >= 4 is 21.4 Å². The van der Waals surface area contributed by atoms with E-state index in [1.807, 2.05) is 11.4 Å². The number of fused-ring (bicyclic) bond motifs is 1. The summed E-state index contributed by atoms with van der Waals surface area (Å²) in [5, 5.41) is 5.38. The van der Waals surface area contributed by atoms with E-state index in [0.717, 1.165) is 10.1 Å². The van der Waals surface area contributed by atoms with E-state index >= 15 is 0 Å². The number of benzene rings is 1. The molecule has 2 unspecified atom stereocenters. The van der Waals surface area contributed by atoms with Crippen LogP contribution in [0.4, 0.5) is 13.2 Å². The fourth-order valence-electron chi connectivity index (χ4n) is 1.97. The highest BCUT2D eigenvalue weighted by Crippen LogP contribution is 2.38. The molecule has 0 fully saturated rings. The molecule has 1 aromatic heterocycles. The van der Waals surface area contributed by atoms with Gasteiger partial charge in [0.05, 0.1) is 0 Å². The third-order valence-electron chi connectivity index (χ3n) is 3.28. The molecule has 0 bridgehead atoms. The van der Waals surface area contributed by atoms with Crippen LogP contribution in [0, 0.1) is 0 Å². The second-order valence-electron chi connectivity index (χ2n) is 4.25. The van der Waals surface area contributed by atoms with Gasteiger partial charge in [-0.1, -0.05) is 12.1 Å². The molecule has 0 aliphatic rings. The molecule has 5 heteroatoms. The van der Waals surface area contributed by atoms with Crippen molar-refractivity contribution in [2.45, 2.75) is 25.1 Å². The topological polar surface area (TPSA) is 12.0 Å². The maximum absolute atomic E-state index is 14.7. The minimum Gasteiger partial charge on any atom is -0.314 e. The maximum Gasteiger partial charge on any atom is 0.277 e. The minimum absolute atomic E-state index is 0.0225. The molecule has 18 heavy (non-hydrogen) atoms. The summed E-state index contributed by atoms with van der Waals surface area (Å²) in [7, 11) is 1.48. The lowest BCUT2D eigenvalue weighted by Gasteiger charge is -2.31. The SMILES string of the molecule is CNC(C)C(F)(c1ccc2ccsc2c1)C(F)F. The molecule has 2 aromatic rings. The fraction of sp³-hybridized carbons (Fsp3) is 0.385. The Labute approximate surface area is 108 Å². The fourth-order valence-corrected chi connectivity index (χ4v) is 2.80. The van der Waals surface area contributed by atoms with Crippen LogP contribution in [0.2, 0.25) is 0 Å². The van der Waals surface area contributed by atoms with Gasteiger partial charge in [-0.05, 0) is 42.4 Å². The Morgan fingerprint density at radius 2 is 2.00 bits per heavy atom. The number of likely N-dealkylation sites (N-methyl/N-ethyl adjacent to an activating group) is 1. The van der Waals surface area contributed by atoms with Crippen molar-refractivity contribution in [3.8, 4) is 0 Å². The Kier molecular flexibility index (Phi) is 3.64. The van der Waals surface area contributed by atoms with Gasteiger partial charge in [-0.3, -0.25) is 0 Å². The quantitative estimate of drug-likeness (QED) is 0.889. The lowest BCUT2D eigenvalue weighted by atomic mass is 9.89. The molecule has 1 N–H and O–H groups in total. The van der Waals surface area contributed by atoms with Crippen molar-refractivity contribution in [3.63, 3.8) is 0 Å². The molecule has 0 spiro atoms. The van der Waals surface area contributed by atoms with Gasteiger partial charge in [0.15, 0.2) is 0 Å². The number of nitrogens with one attached hydrogen (secondary N) is 1. The summed E-state index contributed by atoms with van der Waals surface area (Å²) < 4.78 is 41.7. The largest absolute Gasteiger partial charge is 0.314 e. The van der Waals surface area contributed by atoms with Gasteiger partial charge in [-0.25, -0.2) is 13.2 Å². The summed E-state index contributed by atoms with van der Waals surface area (Å²) in [6.07, 6.45) is -3.07. The highest BCUT2D eigenvalue weighted by Gasteiger charge is 2.47. The predicted octanol–water partition coefficient (Wildman–Crippen LogP) is 3.94. The van der Waals surface area contributed by atoms with Crippen LogP contribution in [-0.2, 0) is 5.67 Å². The molecule has 98 valence electrons. The normalized spacial score (nSPS) is 17.0. The monoisotopic (exact) mass is 273 g/mol. The van der Waals surface area contributed by atoms with Crippen molar-refractivity contribution in [2.75, 3.05) is 7.05 Å². The second kappa shape index (κ2) is 4.90. The lowest BCUT2D eigenvalue weighted by Crippen LogP contribution is -2.47. The predicted molar refractivity (Wildman–Crippen MR) is 69.1 cm³/mol. The molecule has 2 rings (SSSR count). The van der Waals surface area contributed by atoms with Gasteiger partial charge in [0.25, 0.3) is 6.43 Å². The summed E-state index contributed by atoms with van der Waals surface area (Å²) in [6, 6.07) is 5.55. The van der Waals surface area contributed by atoms with Crippen LogP contribution in [0.25, 0.3) is 10.1 Å². The number of halogens is 3. The minimum atomic E-state index is -3.07. The highest BCUT2D eigenvalue weighted by atomic mass is 32.1. The first kappa shape index (κ1) is 13.4. The van der Waals surface area contributed by atoms with Crippen LogP contribution >= 0.6 is 11.3 Å². The van der Waals surface area contributed by atoms with Gasteiger partial charge >= 0.3 is 0 Å². The van der Waals surface area contributed by atoms with Gasteiger partial charge < -0.3 is 5.32 Å². The third kappa shape index (κ3) is 2.01. The average Bonchev–Trinajstić information content (AvgIpc) is 2.83. The van der Waals surface area contributed by atoms with E-state index in [1.165, 1.54) is 37.4 Å². The van der Waals surface area contributed by atoms with Crippen molar-refractivity contribution < 1.29 is 13.2 Å². The first-order valence-electron chi connectivity index (χ1n) is 5.62. The number of thiophene rings is 1. The van der Waals surface area contributed by atoms with E-state index in [0.29, 0.717) is 0 Å². The summed E-state index contributed by atoms with van der Waals surface area (Å²) >= 11 is 1.42. The Balaban J connectivity index is 2.53. The molecule has 1 heterocycles. The number of hydrogen-bond acceptors (Lipinski definition) is 2. The van der Waals surface area contributed by atoms with Crippen LogP contribution in [0.3, 0.4) is 0 Å². The summed E-state index contributed by atoms with van der Waals surface area (Å²) in [4.78, 5) is 0. The number of hydrogen-bond donors (Lipinski definition) is 1. The van der Waals surface area contributed by atoms with Crippen molar-refractivity contribution in [2.24, 2.45) is 0 Å². The van der Waals surface area contributed by atoms with E-state index in [9.17, 15) is 13.2 Å². The van der Waals surface area contributed by atoms with Gasteiger partial charge in [0, 0.05) is 10.7 Å². The van der Waals surface area contributed by atoms with Crippen LogP contribution in [0.5, 0.6) is 0 Å². The van der Waals surface area contributed by atoms with Crippen molar-refractivity contribution in [1.82, 2.24) is 5.32 Å². The van der Waals surface area contributed by atoms with E-state index in [1.54, 1.807) is 6.07 Å². The molecule has 0 radical (unpaired) electrons. The summed E-state index contributed by atoms with van der Waals surface area (Å²) in [6.45, 7) is 1.42. The Hall–Kier alpha value is -1.07. The molecular weight excluding hydrogens is 259 g/mol. The maximum atomic E-state index is 14.7. The molecule has 0 saturated heterocycles. The first-order chi connectivity index (χ1) is 8.50. The molecule has 1 aromatic carbocycles. The van der Waals surface area contributed by atoms with Gasteiger partial charge in [0.1, 0.15) is 0 Å². The molecule has 2 atom stereocenters. The third-order valence-corrected chi connectivity index (χ3v) is 4.16. The van der Waals surface area contributed by atoms with Crippen LogP contribution in [0.15, 0.2) is 29.6 Å². The molecular formula is C13H14F3NS. The standard InChI is InChI=1S/C13H14F3NS/c1-8(17-2)13(16,12(14)15)10-4-3-9-5-6-18-11(9)7-10/h3-8,12,17H,1-2H3. The number of alkyl halides is 3. The van der Waals surface area contributed by atoms with E-state index in [-0.39, 0.29) is 5.56 Å². The zero-order valence-corrected chi connectivity index (χ0v) is 10.9. The average molecular weight is 273 g/mol. The van der Waals surface area contributed by atoms with E-state index in [2.05, 4.69) is 5.32 Å². The lowest BCUT2D eigenvalue weighted by molar-refractivity contribution is -0.0588. The Morgan fingerprint density at radius 1 is 1.28 bits per heavy atom. The molecule has 0 aliphatic heterocycles. The molecule has 0 saturated carbocycles. The Bertz CT molecular complexity index is 540.